The Morgan fingerprint density at radius 1 is 1.39 bits per heavy atom. The first-order valence-electron chi connectivity index (χ1n) is 6.75. The number of aryl methyl sites for hydroxylation is 2. The second-order valence-electron chi connectivity index (χ2n) is 5.18. The first kappa shape index (κ1) is 13.1. The molecule has 0 spiro atoms. The van der Waals surface area contributed by atoms with Crippen LogP contribution in [0.3, 0.4) is 0 Å². The van der Waals surface area contributed by atoms with Crippen molar-refractivity contribution in [1.29, 1.82) is 0 Å². The maximum absolute atomic E-state index is 10.8. The van der Waals surface area contributed by atoms with E-state index in [9.17, 15) is 4.79 Å². The molecule has 1 aliphatic heterocycles. The Morgan fingerprint density at radius 2 is 2.11 bits per heavy atom. The molecule has 0 bridgehead atoms. The summed E-state index contributed by atoms with van der Waals surface area (Å²) >= 11 is 0. The molecule has 1 aliphatic rings. The molecule has 3 nitrogen and oxygen atoms in total. The minimum absolute atomic E-state index is 0.223. The van der Waals surface area contributed by atoms with E-state index in [1.807, 2.05) is 0 Å². The zero-order valence-electron chi connectivity index (χ0n) is 11.0. The van der Waals surface area contributed by atoms with Gasteiger partial charge in [0.25, 0.3) is 0 Å². The van der Waals surface area contributed by atoms with Crippen LogP contribution in [-0.4, -0.2) is 19.0 Å². The largest absolute Gasteiger partial charge is 0.370 e. The SMILES string of the molecule is Cc1ccc(CCC(N)=O)cc1C1CCNCC1. The van der Waals surface area contributed by atoms with Crippen LogP contribution in [-0.2, 0) is 11.2 Å². The fourth-order valence-corrected chi connectivity index (χ4v) is 2.69. The Bertz CT molecular complexity index is 423. The number of rotatable bonds is 4. The van der Waals surface area contributed by atoms with Gasteiger partial charge >= 0.3 is 0 Å². The van der Waals surface area contributed by atoms with Crippen molar-refractivity contribution in [3.05, 3.63) is 34.9 Å². The van der Waals surface area contributed by atoms with Gasteiger partial charge in [0.2, 0.25) is 5.91 Å². The Morgan fingerprint density at radius 3 is 2.78 bits per heavy atom. The van der Waals surface area contributed by atoms with Gasteiger partial charge in [0.05, 0.1) is 0 Å². The van der Waals surface area contributed by atoms with E-state index in [4.69, 9.17) is 5.73 Å². The first-order chi connectivity index (χ1) is 8.66. The van der Waals surface area contributed by atoms with Crippen molar-refractivity contribution in [2.45, 2.75) is 38.5 Å². The normalized spacial score (nSPS) is 16.7. The molecule has 0 saturated carbocycles. The Labute approximate surface area is 109 Å². The van der Waals surface area contributed by atoms with Crippen molar-refractivity contribution in [2.75, 3.05) is 13.1 Å². The van der Waals surface area contributed by atoms with Crippen LogP contribution in [0.15, 0.2) is 18.2 Å². The lowest BCUT2D eigenvalue weighted by molar-refractivity contribution is -0.117. The molecule has 0 aromatic heterocycles. The maximum atomic E-state index is 10.8. The highest BCUT2D eigenvalue weighted by Crippen LogP contribution is 2.28. The highest BCUT2D eigenvalue weighted by atomic mass is 16.1. The Hall–Kier alpha value is -1.35. The predicted molar refractivity (Wildman–Crippen MR) is 73.5 cm³/mol. The van der Waals surface area contributed by atoms with Crippen LogP contribution in [0.25, 0.3) is 0 Å². The lowest BCUT2D eigenvalue weighted by Gasteiger charge is -2.25. The highest BCUT2D eigenvalue weighted by molar-refractivity contribution is 5.74. The number of benzene rings is 1. The second-order valence-corrected chi connectivity index (χ2v) is 5.18. The number of carbonyl (C=O) groups is 1. The molecule has 0 unspecified atom stereocenters. The van der Waals surface area contributed by atoms with Crippen molar-refractivity contribution in [3.8, 4) is 0 Å². The summed E-state index contributed by atoms with van der Waals surface area (Å²) in [5.41, 5.74) is 9.26. The minimum atomic E-state index is -0.223. The van der Waals surface area contributed by atoms with Gasteiger partial charge in [0.15, 0.2) is 0 Å². The van der Waals surface area contributed by atoms with E-state index in [0.717, 1.165) is 19.5 Å². The number of nitrogens with two attached hydrogens (primary N) is 1. The van der Waals surface area contributed by atoms with E-state index in [1.54, 1.807) is 0 Å². The number of amides is 1. The van der Waals surface area contributed by atoms with Crippen LogP contribution in [0.4, 0.5) is 0 Å². The maximum Gasteiger partial charge on any atom is 0.217 e. The molecule has 1 fully saturated rings. The fourth-order valence-electron chi connectivity index (χ4n) is 2.69. The zero-order chi connectivity index (χ0) is 13.0. The number of piperidine rings is 1. The lowest BCUT2D eigenvalue weighted by atomic mass is 9.86. The highest BCUT2D eigenvalue weighted by Gasteiger charge is 2.17. The average molecular weight is 246 g/mol. The van der Waals surface area contributed by atoms with Gasteiger partial charge < -0.3 is 11.1 Å². The van der Waals surface area contributed by atoms with Crippen molar-refractivity contribution in [2.24, 2.45) is 5.73 Å². The van der Waals surface area contributed by atoms with E-state index in [2.05, 4.69) is 30.4 Å². The van der Waals surface area contributed by atoms with Crippen molar-refractivity contribution < 1.29 is 4.79 Å². The van der Waals surface area contributed by atoms with Crippen LogP contribution >= 0.6 is 0 Å². The van der Waals surface area contributed by atoms with E-state index in [-0.39, 0.29) is 5.91 Å². The number of primary amides is 1. The predicted octanol–water partition coefficient (Wildman–Crippen LogP) is 1.88. The lowest BCUT2D eigenvalue weighted by Crippen LogP contribution is -2.27. The molecule has 0 atom stereocenters. The second kappa shape index (κ2) is 6.01. The van der Waals surface area contributed by atoms with Crippen LogP contribution < -0.4 is 11.1 Å². The summed E-state index contributed by atoms with van der Waals surface area (Å²) in [7, 11) is 0. The molecule has 2 rings (SSSR count). The summed E-state index contributed by atoms with van der Waals surface area (Å²) in [5.74, 6) is 0.443. The molecule has 1 aromatic carbocycles. The quantitative estimate of drug-likeness (QED) is 0.852. The van der Waals surface area contributed by atoms with E-state index in [0.29, 0.717) is 12.3 Å². The van der Waals surface area contributed by atoms with Crippen molar-refractivity contribution >= 4 is 5.91 Å². The summed E-state index contributed by atoms with van der Waals surface area (Å²) in [6, 6.07) is 6.56. The molecule has 1 aromatic rings. The standard InChI is InChI=1S/C15H22N2O/c1-11-2-3-12(4-5-15(16)18)10-14(11)13-6-8-17-9-7-13/h2-3,10,13,17H,4-9H2,1H3,(H2,16,18). The minimum Gasteiger partial charge on any atom is -0.370 e. The molecule has 0 aliphatic carbocycles. The summed E-state index contributed by atoms with van der Waals surface area (Å²) in [6.45, 7) is 4.39. The van der Waals surface area contributed by atoms with Crippen LogP contribution in [0.2, 0.25) is 0 Å². The van der Waals surface area contributed by atoms with Gasteiger partial charge in [-0.2, -0.15) is 0 Å². The van der Waals surface area contributed by atoms with Gasteiger partial charge in [-0.15, -0.1) is 0 Å². The summed E-state index contributed by atoms with van der Waals surface area (Å²) in [6.07, 6.45) is 3.61. The average Bonchev–Trinajstić information content (AvgIpc) is 2.38. The van der Waals surface area contributed by atoms with Crippen LogP contribution in [0, 0.1) is 6.92 Å². The van der Waals surface area contributed by atoms with Gasteiger partial charge in [0, 0.05) is 6.42 Å². The van der Waals surface area contributed by atoms with Gasteiger partial charge in [-0.25, -0.2) is 0 Å². The molecule has 98 valence electrons. The third kappa shape index (κ3) is 3.33. The molecular formula is C15H22N2O. The summed E-state index contributed by atoms with van der Waals surface area (Å²) < 4.78 is 0. The molecule has 18 heavy (non-hydrogen) atoms. The smallest absolute Gasteiger partial charge is 0.217 e. The number of nitrogens with one attached hydrogen (secondary N) is 1. The Kier molecular flexibility index (Phi) is 4.37. The van der Waals surface area contributed by atoms with E-state index in [1.165, 1.54) is 29.5 Å². The van der Waals surface area contributed by atoms with Gasteiger partial charge in [-0.3, -0.25) is 4.79 Å². The van der Waals surface area contributed by atoms with Crippen LogP contribution in [0.1, 0.15) is 41.9 Å². The van der Waals surface area contributed by atoms with Crippen molar-refractivity contribution in [1.82, 2.24) is 5.32 Å². The van der Waals surface area contributed by atoms with Gasteiger partial charge in [-0.1, -0.05) is 18.2 Å². The molecule has 1 amide bonds. The molecular weight excluding hydrogens is 224 g/mol. The Balaban J connectivity index is 2.12. The molecule has 3 N–H and O–H groups in total. The zero-order valence-corrected chi connectivity index (χ0v) is 11.0. The number of hydrogen-bond acceptors (Lipinski definition) is 2. The molecule has 0 radical (unpaired) electrons. The van der Waals surface area contributed by atoms with Gasteiger partial charge in [0.1, 0.15) is 0 Å². The van der Waals surface area contributed by atoms with E-state index < -0.39 is 0 Å². The molecule has 1 heterocycles. The topological polar surface area (TPSA) is 55.1 Å². The fraction of sp³-hybridized carbons (Fsp3) is 0.533. The monoisotopic (exact) mass is 246 g/mol. The third-order valence-corrected chi connectivity index (χ3v) is 3.78. The number of carbonyl (C=O) groups excluding carboxylic acids is 1. The molecule has 3 heteroatoms. The van der Waals surface area contributed by atoms with E-state index >= 15 is 0 Å². The summed E-state index contributed by atoms with van der Waals surface area (Å²) in [4.78, 5) is 10.8. The van der Waals surface area contributed by atoms with Crippen molar-refractivity contribution in [3.63, 3.8) is 0 Å². The number of hydrogen-bond donors (Lipinski definition) is 2. The molecule has 1 saturated heterocycles. The first-order valence-corrected chi connectivity index (χ1v) is 6.75. The third-order valence-electron chi connectivity index (χ3n) is 3.78. The van der Waals surface area contributed by atoms with Crippen LogP contribution in [0.5, 0.6) is 0 Å². The van der Waals surface area contributed by atoms with Gasteiger partial charge in [-0.05, 0) is 61.9 Å². The summed E-state index contributed by atoms with van der Waals surface area (Å²) in [5, 5.41) is 3.40.